The quantitative estimate of drug-likeness (QED) is 0.452. The van der Waals surface area contributed by atoms with E-state index >= 15 is 0 Å². The Hall–Kier alpha value is -2.81. The molecule has 1 atom stereocenters. The fourth-order valence-corrected chi connectivity index (χ4v) is 5.68. The van der Waals surface area contributed by atoms with E-state index in [9.17, 15) is 9.59 Å². The van der Waals surface area contributed by atoms with E-state index in [1.165, 1.54) is 12.5 Å². The SMILES string of the molecule is CCOc1ccc(CN2CCO[C@](COc3cc(C)c(Cl)c(C)c3)(CC(=O)N3CCC(NC(C)=O)CC3)C2)cc1. The van der Waals surface area contributed by atoms with Crippen LogP contribution >= 0.6 is 11.6 Å². The summed E-state index contributed by atoms with van der Waals surface area (Å²) in [6.07, 6.45) is 1.73. The van der Waals surface area contributed by atoms with E-state index in [0.29, 0.717) is 32.8 Å². The van der Waals surface area contributed by atoms with Gasteiger partial charge in [0.05, 0.1) is 19.6 Å². The standard InChI is InChI=1S/C31H42ClN3O5/c1-5-38-27-8-6-25(7-9-27)19-34-14-15-40-31(20-34,21-39-28-16-22(2)30(32)23(3)17-28)18-29(37)35-12-10-26(11-13-35)33-24(4)36/h6-9,16-17,26H,5,10-15,18-21H2,1-4H3,(H,33,36)/t31-/m1/s1. The van der Waals surface area contributed by atoms with Crippen LogP contribution in [0, 0.1) is 13.8 Å². The second-order valence-electron chi connectivity index (χ2n) is 11.0. The molecule has 0 radical (unpaired) electrons. The van der Waals surface area contributed by atoms with Gasteiger partial charge in [-0.3, -0.25) is 14.5 Å². The molecule has 2 fully saturated rings. The third-order valence-electron chi connectivity index (χ3n) is 7.61. The van der Waals surface area contributed by atoms with Crippen LogP contribution in [0.4, 0.5) is 0 Å². The first-order chi connectivity index (χ1) is 19.2. The van der Waals surface area contributed by atoms with Crippen LogP contribution in [0.5, 0.6) is 11.5 Å². The molecule has 0 saturated carbocycles. The Morgan fingerprint density at radius 2 is 1.73 bits per heavy atom. The van der Waals surface area contributed by atoms with Crippen molar-refractivity contribution in [2.24, 2.45) is 0 Å². The third-order valence-corrected chi connectivity index (χ3v) is 8.20. The zero-order chi connectivity index (χ0) is 28.7. The number of benzene rings is 2. The van der Waals surface area contributed by atoms with Crippen molar-refractivity contribution in [2.45, 2.75) is 65.1 Å². The maximum atomic E-state index is 13.6. The van der Waals surface area contributed by atoms with E-state index in [-0.39, 0.29) is 30.9 Å². The number of nitrogens with one attached hydrogen (secondary N) is 1. The molecule has 0 unspecified atom stereocenters. The van der Waals surface area contributed by atoms with Gasteiger partial charge in [-0.15, -0.1) is 0 Å². The summed E-state index contributed by atoms with van der Waals surface area (Å²) in [5.41, 5.74) is 2.28. The van der Waals surface area contributed by atoms with Gasteiger partial charge < -0.3 is 24.4 Å². The summed E-state index contributed by atoms with van der Waals surface area (Å²) in [7, 11) is 0. The number of likely N-dealkylation sites (tertiary alicyclic amines) is 1. The van der Waals surface area contributed by atoms with Crippen molar-refractivity contribution < 1.29 is 23.8 Å². The number of nitrogens with zero attached hydrogens (tertiary/aromatic N) is 2. The Morgan fingerprint density at radius 3 is 2.35 bits per heavy atom. The third kappa shape index (κ3) is 8.12. The van der Waals surface area contributed by atoms with Crippen LogP contribution in [-0.2, 0) is 20.9 Å². The molecule has 2 heterocycles. The first-order valence-corrected chi connectivity index (χ1v) is 14.6. The van der Waals surface area contributed by atoms with Gasteiger partial charge in [-0.05, 0) is 74.6 Å². The Kier molecular flexibility index (Phi) is 10.3. The summed E-state index contributed by atoms with van der Waals surface area (Å²) in [6, 6.07) is 12.1. The predicted octanol–water partition coefficient (Wildman–Crippen LogP) is 4.52. The van der Waals surface area contributed by atoms with Gasteiger partial charge in [0.1, 0.15) is 23.7 Å². The molecule has 2 aromatic rings. The van der Waals surface area contributed by atoms with Crippen molar-refractivity contribution >= 4 is 23.4 Å². The summed E-state index contributed by atoms with van der Waals surface area (Å²) in [5.74, 6) is 1.60. The van der Waals surface area contributed by atoms with Crippen LogP contribution in [-0.4, -0.2) is 79.3 Å². The van der Waals surface area contributed by atoms with Crippen LogP contribution in [0.2, 0.25) is 5.02 Å². The lowest BCUT2D eigenvalue weighted by molar-refractivity contribution is -0.157. The number of piperidine rings is 1. The fourth-order valence-electron chi connectivity index (χ4n) is 5.57. The number of rotatable bonds is 10. The molecule has 0 bridgehead atoms. The average Bonchev–Trinajstić information content (AvgIpc) is 2.92. The number of aryl methyl sites for hydroxylation is 2. The van der Waals surface area contributed by atoms with Gasteiger partial charge in [0, 0.05) is 50.7 Å². The van der Waals surface area contributed by atoms with E-state index in [4.69, 9.17) is 25.8 Å². The molecule has 0 spiro atoms. The lowest BCUT2D eigenvalue weighted by Crippen LogP contribution is -2.57. The van der Waals surface area contributed by atoms with Crippen LogP contribution in [0.25, 0.3) is 0 Å². The molecule has 1 N–H and O–H groups in total. The van der Waals surface area contributed by atoms with Gasteiger partial charge in [0.15, 0.2) is 0 Å². The highest BCUT2D eigenvalue weighted by Crippen LogP contribution is 2.30. The van der Waals surface area contributed by atoms with Crippen molar-refractivity contribution in [1.29, 1.82) is 0 Å². The topological polar surface area (TPSA) is 80.3 Å². The monoisotopic (exact) mass is 571 g/mol. The van der Waals surface area contributed by atoms with E-state index in [1.54, 1.807) is 0 Å². The van der Waals surface area contributed by atoms with Crippen molar-refractivity contribution in [2.75, 3.05) is 46.0 Å². The summed E-state index contributed by atoms with van der Waals surface area (Å²) >= 11 is 6.37. The first kappa shape index (κ1) is 30.2. The van der Waals surface area contributed by atoms with Crippen molar-refractivity contribution in [3.8, 4) is 11.5 Å². The molecule has 2 amide bonds. The average molecular weight is 572 g/mol. The van der Waals surface area contributed by atoms with E-state index in [2.05, 4.69) is 22.3 Å². The predicted molar refractivity (Wildman–Crippen MR) is 156 cm³/mol. The Morgan fingerprint density at radius 1 is 1.05 bits per heavy atom. The van der Waals surface area contributed by atoms with Gasteiger partial charge >= 0.3 is 0 Å². The minimum Gasteiger partial charge on any atom is -0.494 e. The number of morpholine rings is 1. The highest BCUT2D eigenvalue weighted by Gasteiger charge is 2.41. The minimum atomic E-state index is -0.795. The highest BCUT2D eigenvalue weighted by molar-refractivity contribution is 6.32. The molecular weight excluding hydrogens is 530 g/mol. The van der Waals surface area contributed by atoms with Gasteiger partial charge in [-0.1, -0.05) is 23.7 Å². The molecule has 0 aromatic heterocycles. The summed E-state index contributed by atoms with van der Waals surface area (Å²) in [5, 5.41) is 3.71. The molecule has 2 aromatic carbocycles. The molecule has 9 heteroatoms. The van der Waals surface area contributed by atoms with Crippen LogP contribution in [0.1, 0.15) is 49.8 Å². The molecule has 218 valence electrons. The molecule has 2 aliphatic heterocycles. The fraction of sp³-hybridized carbons (Fsp3) is 0.548. The molecular formula is C31H42ClN3O5. The lowest BCUT2D eigenvalue weighted by Gasteiger charge is -2.43. The number of carbonyl (C=O) groups excluding carboxylic acids is 2. The summed E-state index contributed by atoms with van der Waals surface area (Å²) < 4.78 is 18.3. The largest absolute Gasteiger partial charge is 0.494 e. The second kappa shape index (κ2) is 13.7. The van der Waals surface area contributed by atoms with Gasteiger partial charge in [0.25, 0.3) is 0 Å². The van der Waals surface area contributed by atoms with Crippen LogP contribution in [0.3, 0.4) is 0 Å². The zero-order valence-corrected chi connectivity index (χ0v) is 24.9. The molecule has 2 saturated heterocycles. The number of hydrogen-bond acceptors (Lipinski definition) is 6. The molecule has 2 aliphatic rings. The van der Waals surface area contributed by atoms with Gasteiger partial charge in [-0.25, -0.2) is 0 Å². The number of amides is 2. The number of ether oxygens (including phenoxy) is 3. The molecule has 0 aliphatic carbocycles. The Bertz CT molecular complexity index is 1140. The Balaban J connectivity index is 1.47. The van der Waals surface area contributed by atoms with E-state index in [0.717, 1.165) is 53.6 Å². The molecule has 4 rings (SSSR count). The number of halogens is 1. The van der Waals surface area contributed by atoms with E-state index in [1.807, 2.05) is 49.9 Å². The Labute approximate surface area is 242 Å². The molecule has 40 heavy (non-hydrogen) atoms. The molecule has 8 nitrogen and oxygen atoms in total. The second-order valence-corrected chi connectivity index (χ2v) is 11.4. The highest BCUT2D eigenvalue weighted by atomic mass is 35.5. The maximum absolute atomic E-state index is 13.6. The van der Waals surface area contributed by atoms with E-state index < -0.39 is 5.60 Å². The normalized spacial score (nSPS) is 20.3. The first-order valence-electron chi connectivity index (χ1n) is 14.2. The lowest BCUT2D eigenvalue weighted by atomic mass is 9.95. The summed E-state index contributed by atoms with van der Waals surface area (Å²) in [6.45, 7) is 12.1. The van der Waals surface area contributed by atoms with Crippen LogP contribution < -0.4 is 14.8 Å². The van der Waals surface area contributed by atoms with Crippen molar-refractivity contribution in [1.82, 2.24) is 15.1 Å². The summed E-state index contributed by atoms with van der Waals surface area (Å²) in [4.78, 5) is 29.3. The van der Waals surface area contributed by atoms with Gasteiger partial charge in [0.2, 0.25) is 11.8 Å². The van der Waals surface area contributed by atoms with Gasteiger partial charge in [-0.2, -0.15) is 0 Å². The number of carbonyl (C=O) groups is 2. The van der Waals surface area contributed by atoms with Crippen molar-refractivity contribution in [3.63, 3.8) is 0 Å². The smallest absolute Gasteiger partial charge is 0.225 e. The maximum Gasteiger partial charge on any atom is 0.225 e. The minimum absolute atomic E-state index is 0.0308. The van der Waals surface area contributed by atoms with Crippen LogP contribution in [0.15, 0.2) is 36.4 Å². The number of hydrogen-bond donors (Lipinski definition) is 1. The van der Waals surface area contributed by atoms with Crippen molar-refractivity contribution in [3.05, 3.63) is 58.1 Å². The zero-order valence-electron chi connectivity index (χ0n) is 24.1.